The highest BCUT2D eigenvalue weighted by atomic mass is 16.1. The van der Waals surface area contributed by atoms with Gasteiger partial charge in [0, 0.05) is 29.5 Å². The van der Waals surface area contributed by atoms with E-state index in [0.29, 0.717) is 6.54 Å². The van der Waals surface area contributed by atoms with Crippen LogP contribution in [0.15, 0.2) is 72.7 Å². The van der Waals surface area contributed by atoms with Gasteiger partial charge in [0.15, 0.2) is 18.9 Å². The van der Waals surface area contributed by atoms with E-state index in [0.717, 1.165) is 23.4 Å². The number of aryl methyl sites for hydroxylation is 1. The summed E-state index contributed by atoms with van der Waals surface area (Å²) in [5.41, 5.74) is 5.31. The van der Waals surface area contributed by atoms with Crippen LogP contribution < -0.4 is 4.57 Å². The summed E-state index contributed by atoms with van der Waals surface area (Å²) in [6.45, 7) is 3.66. The van der Waals surface area contributed by atoms with E-state index < -0.39 is 0 Å². The predicted octanol–water partition coefficient (Wildman–Crippen LogP) is 3.41. The fourth-order valence-corrected chi connectivity index (χ4v) is 3.14. The first-order valence-electron chi connectivity index (χ1n) is 8.15. The van der Waals surface area contributed by atoms with Crippen molar-refractivity contribution in [3.63, 3.8) is 0 Å². The summed E-state index contributed by atoms with van der Waals surface area (Å²) in [6.07, 6.45) is 8.08. The molecule has 0 amide bonds. The van der Waals surface area contributed by atoms with E-state index in [1.807, 2.05) is 29.0 Å². The van der Waals surface area contributed by atoms with Crippen molar-refractivity contribution in [1.29, 1.82) is 0 Å². The molecule has 0 fully saturated rings. The molecule has 0 radical (unpaired) electrons. The van der Waals surface area contributed by atoms with Gasteiger partial charge >= 0.3 is 0 Å². The van der Waals surface area contributed by atoms with Gasteiger partial charge in [0.2, 0.25) is 5.78 Å². The number of hydrogen-bond acceptors (Lipinski definition) is 1. The first-order chi connectivity index (χ1) is 11.7. The maximum atomic E-state index is 12.3. The Hall–Kier alpha value is -2.94. The second-order valence-electron chi connectivity index (χ2n) is 6.25. The number of allylic oxidation sites excluding steroid dienone is 1. The van der Waals surface area contributed by atoms with E-state index in [4.69, 9.17) is 0 Å². The van der Waals surface area contributed by atoms with Gasteiger partial charge in [-0.3, -0.25) is 4.79 Å². The smallest absolute Gasteiger partial charge is 0.207 e. The zero-order chi connectivity index (χ0) is 16.5. The Morgan fingerprint density at radius 3 is 2.62 bits per heavy atom. The van der Waals surface area contributed by atoms with Crippen LogP contribution in [0, 0.1) is 6.92 Å². The fraction of sp³-hybridized carbons (Fsp3) is 0.143. The van der Waals surface area contributed by atoms with Gasteiger partial charge in [0.05, 0.1) is 12.2 Å². The molecular weight excluding hydrogens is 296 g/mol. The molecule has 2 aromatic heterocycles. The summed E-state index contributed by atoms with van der Waals surface area (Å²) < 4.78 is 4.15. The Morgan fingerprint density at radius 2 is 1.88 bits per heavy atom. The van der Waals surface area contributed by atoms with Gasteiger partial charge < -0.3 is 4.57 Å². The molecule has 0 saturated heterocycles. The van der Waals surface area contributed by atoms with Crippen molar-refractivity contribution in [2.75, 3.05) is 0 Å². The monoisotopic (exact) mass is 315 g/mol. The summed E-state index contributed by atoms with van der Waals surface area (Å²) in [6, 6.07) is 16.3. The predicted molar refractivity (Wildman–Crippen MR) is 93.7 cm³/mol. The Balaban J connectivity index is 1.53. The lowest BCUT2D eigenvalue weighted by Gasteiger charge is -2.02. The van der Waals surface area contributed by atoms with Crippen molar-refractivity contribution >= 4 is 11.9 Å². The molecule has 1 aromatic carbocycles. The zero-order valence-electron chi connectivity index (χ0n) is 13.6. The molecule has 0 saturated carbocycles. The van der Waals surface area contributed by atoms with Gasteiger partial charge in [0.1, 0.15) is 0 Å². The highest BCUT2D eigenvalue weighted by Gasteiger charge is 2.23. The van der Waals surface area contributed by atoms with Crippen molar-refractivity contribution in [3.8, 4) is 0 Å². The SMILES string of the molecule is Cc1ccccc1C[n+]1ccc(/C=C2/Cn3cccc3C2=O)cc1. The first-order valence-corrected chi connectivity index (χ1v) is 8.15. The van der Waals surface area contributed by atoms with Crippen LogP contribution in [0.5, 0.6) is 0 Å². The van der Waals surface area contributed by atoms with Gasteiger partial charge in [-0.25, -0.2) is 4.57 Å². The Labute approximate surface area is 141 Å². The van der Waals surface area contributed by atoms with Crippen LogP contribution in [-0.2, 0) is 13.1 Å². The molecule has 1 aliphatic rings. The van der Waals surface area contributed by atoms with Crippen LogP contribution in [0.2, 0.25) is 0 Å². The van der Waals surface area contributed by atoms with E-state index in [1.165, 1.54) is 11.1 Å². The molecule has 118 valence electrons. The van der Waals surface area contributed by atoms with Crippen LogP contribution in [0.25, 0.3) is 6.08 Å². The topological polar surface area (TPSA) is 25.9 Å². The summed E-state index contributed by atoms with van der Waals surface area (Å²) in [5, 5.41) is 0. The number of aromatic nitrogens is 2. The number of nitrogens with zero attached hydrogens (tertiary/aromatic N) is 2. The summed E-state index contributed by atoms with van der Waals surface area (Å²) in [7, 11) is 0. The third-order valence-corrected chi connectivity index (χ3v) is 4.57. The van der Waals surface area contributed by atoms with E-state index in [-0.39, 0.29) is 5.78 Å². The normalized spacial score (nSPS) is 15.0. The number of rotatable bonds is 3. The molecule has 3 aromatic rings. The molecule has 24 heavy (non-hydrogen) atoms. The molecule has 3 heteroatoms. The van der Waals surface area contributed by atoms with Gasteiger partial charge in [-0.2, -0.15) is 0 Å². The summed E-state index contributed by atoms with van der Waals surface area (Å²) in [5.74, 6) is 0.136. The van der Waals surface area contributed by atoms with Crippen molar-refractivity contribution in [1.82, 2.24) is 4.57 Å². The number of fused-ring (bicyclic) bond motifs is 1. The van der Waals surface area contributed by atoms with Gasteiger partial charge in [-0.15, -0.1) is 0 Å². The van der Waals surface area contributed by atoms with E-state index in [2.05, 4.69) is 60.3 Å². The quantitative estimate of drug-likeness (QED) is 0.537. The third-order valence-electron chi connectivity index (χ3n) is 4.57. The molecule has 0 N–H and O–H groups in total. The average Bonchev–Trinajstić information content (AvgIpc) is 3.15. The van der Waals surface area contributed by atoms with Crippen LogP contribution in [0.4, 0.5) is 0 Å². The van der Waals surface area contributed by atoms with Gasteiger partial charge in [-0.1, -0.05) is 24.3 Å². The summed E-state index contributed by atoms with van der Waals surface area (Å²) in [4.78, 5) is 12.3. The fourth-order valence-electron chi connectivity index (χ4n) is 3.14. The number of ketones is 1. The number of hydrogen-bond donors (Lipinski definition) is 0. The van der Waals surface area contributed by atoms with E-state index >= 15 is 0 Å². The Morgan fingerprint density at radius 1 is 1.08 bits per heavy atom. The molecule has 3 heterocycles. The number of benzene rings is 1. The lowest BCUT2D eigenvalue weighted by molar-refractivity contribution is -0.688. The van der Waals surface area contributed by atoms with Crippen LogP contribution in [0.1, 0.15) is 27.2 Å². The molecule has 0 unspecified atom stereocenters. The zero-order valence-corrected chi connectivity index (χ0v) is 13.6. The van der Waals surface area contributed by atoms with Crippen LogP contribution in [0.3, 0.4) is 0 Å². The van der Waals surface area contributed by atoms with Crippen LogP contribution in [-0.4, -0.2) is 10.4 Å². The average molecular weight is 315 g/mol. The number of carbonyl (C=O) groups is 1. The van der Waals surface area contributed by atoms with Crippen LogP contribution >= 0.6 is 0 Å². The number of Topliss-reactive ketones (excluding diaryl/α,β-unsaturated/α-hetero) is 1. The molecule has 4 rings (SSSR count). The van der Waals surface area contributed by atoms with E-state index in [9.17, 15) is 4.79 Å². The lowest BCUT2D eigenvalue weighted by Crippen LogP contribution is -2.33. The van der Waals surface area contributed by atoms with Gasteiger partial charge in [-0.05, 0) is 36.3 Å². The molecule has 3 nitrogen and oxygen atoms in total. The maximum absolute atomic E-state index is 12.3. The molecular formula is C21H19N2O+. The second kappa shape index (κ2) is 5.93. The lowest BCUT2D eigenvalue weighted by atomic mass is 10.1. The number of carbonyl (C=O) groups excluding carboxylic acids is 1. The van der Waals surface area contributed by atoms with Crippen molar-refractivity contribution < 1.29 is 9.36 Å². The largest absolute Gasteiger partial charge is 0.340 e. The minimum absolute atomic E-state index is 0.136. The molecule has 1 aliphatic heterocycles. The first kappa shape index (κ1) is 14.6. The molecule has 0 atom stereocenters. The number of pyridine rings is 1. The molecule has 0 spiro atoms. The highest BCUT2D eigenvalue weighted by Crippen LogP contribution is 2.22. The van der Waals surface area contributed by atoms with Gasteiger partial charge in [0.25, 0.3) is 0 Å². The Bertz CT molecular complexity index is 932. The molecule has 0 bridgehead atoms. The van der Waals surface area contributed by atoms with Crippen molar-refractivity contribution in [2.24, 2.45) is 0 Å². The highest BCUT2D eigenvalue weighted by molar-refractivity contribution is 6.12. The third kappa shape index (κ3) is 2.69. The minimum Gasteiger partial charge on any atom is -0.340 e. The van der Waals surface area contributed by atoms with E-state index in [1.54, 1.807) is 0 Å². The Kier molecular flexibility index (Phi) is 3.62. The maximum Gasteiger partial charge on any atom is 0.207 e. The standard InChI is InChI=1S/C21H19N2O/c1-16-5-2-3-6-18(16)14-22-11-8-17(9-12-22)13-19-15-23-10-4-7-20(23)21(19)24/h2-13H,14-15H2,1H3/q+1/b19-13-. The minimum atomic E-state index is 0.136. The van der Waals surface area contributed by atoms with Crippen molar-refractivity contribution in [2.45, 2.75) is 20.0 Å². The van der Waals surface area contributed by atoms with Crippen molar-refractivity contribution in [3.05, 3.63) is 95.1 Å². The molecule has 0 aliphatic carbocycles. The second-order valence-corrected chi connectivity index (χ2v) is 6.25. The summed E-state index contributed by atoms with van der Waals surface area (Å²) >= 11 is 0.